The van der Waals surface area contributed by atoms with Gasteiger partial charge in [-0.1, -0.05) is 17.7 Å². The highest BCUT2D eigenvalue weighted by Crippen LogP contribution is 2.24. The molecule has 0 aliphatic carbocycles. The second-order valence-corrected chi connectivity index (χ2v) is 5.65. The zero-order chi connectivity index (χ0) is 11.5. The van der Waals surface area contributed by atoms with Crippen molar-refractivity contribution in [3.63, 3.8) is 0 Å². The SMILES string of the molecule is N[C@@H]1CCCN(Cc2ccc(Br)c(Cl)c2)C1. The molecule has 4 heteroatoms. The summed E-state index contributed by atoms with van der Waals surface area (Å²) in [7, 11) is 0. The van der Waals surface area contributed by atoms with E-state index in [0.29, 0.717) is 6.04 Å². The lowest BCUT2D eigenvalue weighted by molar-refractivity contribution is 0.201. The molecule has 1 heterocycles. The molecule has 1 saturated heterocycles. The Morgan fingerprint density at radius 1 is 1.50 bits per heavy atom. The summed E-state index contributed by atoms with van der Waals surface area (Å²) in [5.41, 5.74) is 7.21. The Hall–Kier alpha value is -0.0900. The molecule has 0 saturated carbocycles. The molecule has 16 heavy (non-hydrogen) atoms. The monoisotopic (exact) mass is 302 g/mol. The quantitative estimate of drug-likeness (QED) is 0.910. The average molecular weight is 304 g/mol. The van der Waals surface area contributed by atoms with Gasteiger partial charge in [0, 0.05) is 23.6 Å². The number of rotatable bonds is 2. The number of nitrogens with zero attached hydrogens (tertiary/aromatic N) is 1. The van der Waals surface area contributed by atoms with Crippen molar-refractivity contribution in [2.24, 2.45) is 5.73 Å². The highest BCUT2D eigenvalue weighted by Gasteiger charge is 2.16. The van der Waals surface area contributed by atoms with Gasteiger partial charge in [-0.25, -0.2) is 0 Å². The standard InChI is InChI=1S/C12H16BrClN2/c13-11-4-3-9(6-12(11)14)7-16-5-1-2-10(15)8-16/h3-4,6,10H,1-2,5,7-8,15H2/t10-/m1/s1. The fourth-order valence-corrected chi connectivity index (χ4v) is 2.58. The van der Waals surface area contributed by atoms with E-state index in [4.69, 9.17) is 17.3 Å². The number of piperidine rings is 1. The first kappa shape index (κ1) is 12.4. The van der Waals surface area contributed by atoms with Gasteiger partial charge < -0.3 is 5.73 Å². The molecule has 0 amide bonds. The summed E-state index contributed by atoms with van der Waals surface area (Å²) in [6.07, 6.45) is 2.35. The number of benzene rings is 1. The van der Waals surface area contributed by atoms with Gasteiger partial charge in [0.1, 0.15) is 0 Å². The lowest BCUT2D eigenvalue weighted by Gasteiger charge is -2.30. The van der Waals surface area contributed by atoms with E-state index >= 15 is 0 Å². The van der Waals surface area contributed by atoms with E-state index in [1.165, 1.54) is 12.0 Å². The van der Waals surface area contributed by atoms with Gasteiger partial charge in [-0.05, 0) is 53.0 Å². The Morgan fingerprint density at radius 3 is 3.00 bits per heavy atom. The van der Waals surface area contributed by atoms with Crippen molar-refractivity contribution in [1.29, 1.82) is 0 Å². The summed E-state index contributed by atoms with van der Waals surface area (Å²) < 4.78 is 0.952. The van der Waals surface area contributed by atoms with Crippen LogP contribution in [0.5, 0.6) is 0 Å². The third-order valence-electron chi connectivity index (χ3n) is 2.93. The van der Waals surface area contributed by atoms with Crippen molar-refractivity contribution in [1.82, 2.24) is 4.90 Å². The van der Waals surface area contributed by atoms with Crippen molar-refractivity contribution < 1.29 is 0 Å². The van der Waals surface area contributed by atoms with Gasteiger partial charge in [-0.15, -0.1) is 0 Å². The molecule has 0 bridgehead atoms. The van der Waals surface area contributed by atoms with E-state index in [1.54, 1.807) is 0 Å². The maximum absolute atomic E-state index is 6.07. The summed E-state index contributed by atoms with van der Waals surface area (Å²) in [6, 6.07) is 6.46. The number of halogens is 2. The molecular weight excluding hydrogens is 288 g/mol. The number of hydrogen-bond acceptors (Lipinski definition) is 2. The van der Waals surface area contributed by atoms with Crippen molar-refractivity contribution in [2.75, 3.05) is 13.1 Å². The van der Waals surface area contributed by atoms with Crippen LogP contribution in [0.4, 0.5) is 0 Å². The lowest BCUT2D eigenvalue weighted by Crippen LogP contribution is -2.42. The minimum atomic E-state index is 0.333. The number of hydrogen-bond donors (Lipinski definition) is 1. The van der Waals surface area contributed by atoms with Crippen molar-refractivity contribution in [3.05, 3.63) is 33.3 Å². The first-order valence-electron chi connectivity index (χ1n) is 5.57. The molecule has 2 rings (SSSR count). The number of nitrogens with two attached hydrogens (primary N) is 1. The Balaban J connectivity index is 2.00. The molecule has 1 aromatic carbocycles. The van der Waals surface area contributed by atoms with E-state index in [0.717, 1.165) is 35.6 Å². The maximum Gasteiger partial charge on any atom is 0.0551 e. The normalized spacial score (nSPS) is 22.3. The van der Waals surface area contributed by atoms with Crippen molar-refractivity contribution in [2.45, 2.75) is 25.4 Å². The first-order chi connectivity index (χ1) is 7.65. The third-order valence-corrected chi connectivity index (χ3v) is 4.16. The molecule has 0 unspecified atom stereocenters. The van der Waals surface area contributed by atoms with E-state index in [2.05, 4.69) is 26.9 Å². The summed E-state index contributed by atoms with van der Waals surface area (Å²) in [6.45, 7) is 3.08. The summed E-state index contributed by atoms with van der Waals surface area (Å²) in [5.74, 6) is 0. The topological polar surface area (TPSA) is 29.3 Å². The zero-order valence-electron chi connectivity index (χ0n) is 9.13. The number of likely N-dealkylation sites (tertiary alicyclic amines) is 1. The van der Waals surface area contributed by atoms with Crippen LogP contribution in [-0.2, 0) is 6.54 Å². The molecular formula is C12H16BrClN2. The highest BCUT2D eigenvalue weighted by molar-refractivity contribution is 9.10. The predicted molar refractivity (Wildman–Crippen MR) is 71.6 cm³/mol. The van der Waals surface area contributed by atoms with Crippen LogP contribution in [-0.4, -0.2) is 24.0 Å². The average Bonchev–Trinajstić information content (AvgIpc) is 2.24. The molecule has 1 aliphatic heterocycles. The van der Waals surface area contributed by atoms with E-state index in [1.807, 2.05) is 12.1 Å². The van der Waals surface area contributed by atoms with Crippen LogP contribution in [0.25, 0.3) is 0 Å². The van der Waals surface area contributed by atoms with Crippen LogP contribution in [0.2, 0.25) is 5.02 Å². The highest BCUT2D eigenvalue weighted by atomic mass is 79.9. The molecule has 0 aromatic heterocycles. The first-order valence-corrected chi connectivity index (χ1v) is 6.74. The molecule has 1 atom stereocenters. The molecule has 1 fully saturated rings. The smallest absolute Gasteiger partial charge is 0.0551 e. The van der Waals surface area contributed by atoms with Crippen LogP contribution in [0, 0.1) is 0 Å². The second kappa shape index (κ2) is 5.50. The Kier molecular flexibility index (Phi) is 4.25. The fourth-order valence-electron chi connectivity index (χ4n) is 2.13. The van der Waals surface area contributed by atoms with Gasteiger partial charge >= 0.3 is 0 Å². The molecule has 0 spiro atoms. The van der Waals surface area contributed by atoms with E-state index in [9.17, 15) is 0 Å². The molecule has 88 valence electrons. The molecule has 1 aliphatic rings. The minimum absolute atomic E-state index is 0.333. The van der Waals surface area contributed by atoms with Crippen molar-refractivity contribution >= 4 is 27.5 Å². The van der Waals surface area contributed by atoms with Crippen LogP contribution in [0.3, 0.4) is 0 Å². The Bertz CT molecular complexity index is 370. The Labute approximate surface area is 110 Å². The van der Waals surface area contributed by atoms with Gasteiger partial charge in [0.2, 0.25) is 0 Å². The second-order valence-electron chi connectivity index (χ2n) is 4.39. The van der Waals surface area contributed by atoms with E-state index in [-0.39, 0.29) is 0 Å². The predicted octanol–water partition coefficient (Wildman–Crippen LogP) is 3.03. The van der Waals surface area contributed by atoms with Gasteiger partial charge in [-0.3, -0.25) is 4.90 Å². The van der Waals surface area contributed by atoms with Crippen molar-refractivity contribution in [3.8, 4) is 0 Å². The van der Waals surface area contributed by atoms with E-state index < -0.39 is 0 Å². The van der Waals surface area contributed by atoms with Gasteiger partial charge in [0.05, 0.1) is 5.02 Å². The van der Waals surface area contributed by atoms with Gasteiger partial charge in [0.15, 0.2) is 0 Å². The molecule has 0 radical (unpaired) electrons. The van der Waals surface area contributed by atoms with Gasteiger partial charge in [-0.2, -0.15) is 0 Å². The minimum Gasteiger partial charge on any atom is -0.327 e. The van der Waals surface area contributed by atoms with Crippen LogP contribution in [0.1, 0.15) is 18.4 Å². The largest absolute Gasteiger partial charge is 0.327 e. The maximum atomic E-state index is 6.07. The summed E-state index contributed by atoms with van der Waals surface area (Å²) >= 11 is 9.47. The van der Waals surface area contributed by atoms with Crippen LogP contribution < -0.4 is 5.73 Å². The fraction of sp³-hybridized carbons (Fsp3) is 0.500. The molecule has 2 nitrogen and oxygen atoms in total. The third kappa shape index (κ3) is 3.20. The van der Waals surface area contributed by atoms with Crippen LogP contribution in [0.15, 0.2) is 22.7 Å². The molecule has 1 aromatic rings. The van der Waals surface area contributed by atoms with Gasteiger partial charge in [0.25, 0.3) is 0 Å². The zero-order valence-corrected chi connectivity index (χ0v) is 11.5. The summed E-state index contributed by atoms with van der Waals surface area (Å²) in [4.78, 5) is 2.40. The molecule has 2 N–H and O–H groups in total. The summed E-state index contributed by atoms with van der Waals surface area (Å²) in [5, 5.41) is 0.777. The lowest BCUT2D eigenvalue weighted by atomic mass is 10.1. The Morgan fingerprint density at radius 2 is 2.31 bits per heavy atom. The van der Waals surface area contributed by atoms with Crippen LogP contribution >= 0.6 is 27.5 Å².